The van der Waals surface area contributed by atoms with Gasteiger partial charge in [-0.05, 0) is 25.2 Å². The van der Waals surface area contributed by atoms with Crippen molar-refractivity contribution in [1.82, 2.24) is 10.2 Å². The second kappa shape index (κ2) is 5.47. The normalized spacial score (nSPS) is 22.1. The Bertz CT molecular complexity index is 217. The quantitative estimate of drug-likeness (QED) is 0.641. The molecule has 4 heteroatoms. The average Bonchev–Trinajstić information content (AvgIpc) is 3.04. The Balaban J connectivity index is 1.50. The Morgan fingerprint density at radius 1 is 1.47 bits per heavy atom. The van der Waals surface area contributed by atoms with E-state index in [-0.39, 0.29) is 5.91 Å². The van der Waals surface area contributed by atoms with Crippen molar-refractivity contribution in [3.63, 3.8) is 0 Å². The summed E-state index contributed by atoms with van der Waals surface area (Å²) in [4.78, 5) is 13.3. The highest BCUT2D eigenvalue weighted by Gasteiger charge is 2.21. The lowest BCUT2D eigenvalue weighted by atomic mass is 10.3. The fourth-order valence-corrected chi connectivity index (χ4v) is 1.77. The summed E-state index contributed by atoms with van der Waals surface area (Å²) < 4.78 is 5.53. The smallest absolute Gasteiger partial charge is 0.236 e. The van der Waals surface area contributed by atoms with Crippen LogP contribution in [0.2, 0.25) is 0 Å². The molecular formula is C11H20N2O2. The van der Waals surface area contributed by atoms with Crippen LogP contribution in [0.25, 0.3) is 0 Å². The van der Waals surface area contributed by atoms with Crippen LogP contribution in [0.15, 0.2) is 0 Å². The Kier molecular flexibility index (Phi) is 3.97. The topological polar surface area (TPSA) is 41.6 Å². The lowest BCUT2D eigenvalue weighted by molar-refractivity contribution is -0.132. The summed E-state index contributed by atoms with van der Waals surface area (Å²) >= 11 is 0. The van der Waals surface area contributed by atoms with Gasteiger partial charge in [-0.3, -0.25) is 4.79 Å². The van der Waals surface area contributed by atoms with Gasteiger partial charge in [-0.15, -0.1) is 0 Å². The number of carbonyl (C=O) groups excluding carboxylic acids is 1. The number of ether oxygens (including phenoxy) is 1. The summed E-state index contributed by atoms with van der Waals surface area (Å²) in [6, 6.07) is 0. The summed E-state index contributed by atoms with van der Waals surface area (Å²) in [5.41, 5.74) is 0. The molecule has 2 aliphatic rings. The zero-order valence-electron chi connectivity index (χ0n) is 9.21. The van der Waals surface area contributed by atoms with Crippen molar-refractivity contribution >= 4 is 5.91 Å². The molecule has 1 saturated heterocycles. The van der Waals surface area contributed by atoms with Crippen LogP contribution in [0.5, 0.6) is 0 Å². The van der Waals surface area contributed by atoms with Gasteiger partial charge in [-0.1, -0.05) is 0 Å². The number of piperazine rings is 1. The molecule has 1 N–H and O–H groups in total. The highest BCUT2D eigenvalue weighted by Crippen LogP contribution is 2.28. The lowest BCUT2D eigenvalue weighted by Gasteiger charge is -2.27. The number of amides is 1. The number of carbonyl (C=O) groups is 1. The molecule has 0 bridgehead atoms. The summed E-state index contributed by atoms with van der Waals surface area (Å²) in [5, 5.41) is 3.07. The van der Waals surface area contributed by atoms with E-state index in [1.807, 2.05) is 4.90 Å². The van der Waals surface area contributed by atoms with Crippen LogP contribution in [-0.2, 0) is 9.53 Å². The Morgan fingerprint density at radius 3 is 3.07 bits per heavy atom. The maximum atomic E-state index is 11.4. The molecule has 2 fully saturated rings. The molecule has 0 aromatic heterocycles. The van der Waals surface area contributed by atoms with Crippen LogP contribution < -0.4 is 5.32 Å². The van der Waals surface area contributed by atoms with Crippen molar-refractivity contribution in [3.8, 4) is 0 Å². The Hall–Kier alpha value is -0.610. The van der Waals surface area contributed by atoms with E-state index in [9.17, 15) is 4.79 Å². The molecule has 0 aromatic rings. The van der Waals surface area contributed by atoms with Crippen LogP contribution in [0.4, 0.5) is 0 Å². The van der Waals surface area contributed by atoms with Crippen molar-refractivity contribution in [2.24, 2.45) is 5.92 Å². The van der Waals surface area contributed by atoms with Gasteiger partial charge in [0.25, 0.3) is 0 Å². The summed E-state index contributed by atoms with van der Waals surface area (Å²) in [6.45, 7) is 4.85. The molecule has 1 saturated carbocycles. The number of rotatable bonds is 6. The van der Waals surface area contributed by atoms with E-state index in [1.54, 1.807) is 0 Å². The van der Waals surface area contributed by atoms with E-state index in [2.05, 4.69) is 5.32 Å². The van der Waals surface area contributed by atoms with Gasteiger partial charge in [-0.25, -0.2) is 0 Å². The van der Waals surface area contributed by atoms with Crippen LogP contribution in [0, 0.1) is 5.92 Å². The van der Waals surface area contributed by atoms with Gasteiger partial charge in [0, 0.05) is 32.8 Å². The van der Waals surface area contributed by atoms with Gasteiger partial charge in [0.15, 0.2) is 0 Å². The van der Waals surface area contributed by atoms with Crippen molar-refractivity contribution in [2.75, 3.05) is 39.4 Å². The first kappa shape index (κ1) is 10.9. The van der Waals surface area contributed by atoms with Crippen molar-refractivity contribution in [1.29, 1.82) is 0 Å². The van der Waals surface area contributed by atoms with Gasteiger partial charge in [0.05, 0.1) is 6.54 Å². The van der Waals surface area contributed by atoms with Crippen molar-refractivity contribution < 1.29 is 9.53 Å². The van der Waals surface area contributed by atoms with E-state index < -0.39 is 0 Å². The first-order valence-corrected chi connectivity index (χ1v) is 5.92. The third-order valence-electron chi connectivity index (χ3n) is 2.95. The summed E-state index contributed by atoms with van der Waals surface area (Å²) in [5.74, 6) is 1.06. The first-order valence-electron chi connectivity index (χ1n) is 5.92. The zero-order chi connectivity index (χ0) is 10.5. The maximum absolute atomic E-state index is 11.4. The fourth-order valence-electron chi connectivity index (χ4n) is 1.77. The van der Waals surface area contributed by atoms with E-state index >= 15 is 0 Å². The Labute approximate surface area is 91.0 Å². The van der Waals surface area contributed by atoms with Crippen LogP contribution in [0.3, 0.4) is 0 Å². The van der Waals surface area contributed by atoms with Gasteiger partial charge >= 0.3 is 0 Å². The van der Waals surface area contributed by atoms with Crippen molar-refractivity contribution in [3.05, 3.63) is 0 Å². The maximum Gasteiger partial charge on any atom is 0.236 e. The van der Waals surface area contributed by atoms with Crippen LogP contribution in [0.1, 0.15) is 19.3 Å². The van der Waals surface area contributed by atoms with Crippen LogP contribution in [-0.4, -0.2) is 50.2 Å². The highest BCUT2D eigenvalue weighted by atomic mass is 16.5. The molecule has 0 atom stereocenters. The molecular weight excluding hydrogens is 192 g/mol. The van der Waals surface area contributed by atoms with E-state index in [0.717, 1.165) is 45.2 Å². The zero-order valence-corrected chi connectivity index (χ0v) is 9.21. The second-order valence-corrected chi connectivity index (χ2v) is 4.43. The largest absolute Gasteiger partial charge is 0.381 e. The molecule has 0 spiro atoms. The Morgan fingerprint density at radius 2 is 2.33 bits per heavy atom. The molecule has 1 amide bonds. The average molecular weight is 212 g/mol. The monoisotopic (exact) mass is 212 g/mol. The SMILES string of the molecule is O=C1CNCCN1CCCOCC1CC1. The van der Waals surface area contributed by atoms with Crippen LogP contribution >= 0.6 is 0 Å². The molecule has 2 rings (SSSR count). The number of hydrogen-bond donors (Lipinski definition) is 1. The third-order valence-corrected chi connectivity index (χ3v) is 2.95. The highest BCUT2D eigenvalue weighted by molar-refractivity contribution is 5.78. The molecule has 0 radical (unpaired) electrons. The molecule has 15 heavy (non-hydrogen) atoms. The minimum absolute atomic E-state index is 0.225. The molecule has 1 heterocycles. The minimum atomic E-state index is 0.225. The number of nitrogens with zero attached hydrogens (tertiary/aromatic N) is 1. The van der Waals surface area contributed by atoms with Gasteiger partial charge < -0.3 is 15.0 Å². The van der Waals surface area contributed by atoms with E-state index in [1.165, 1.54) is 12.8 Å². The van der Waals surface area contributed by atoms with Gasteiger partial charge in [-0.2, -0.15) is 0 Å². The fraction of sp³-hybridized carbons (Fsp3) is 0.909. The molecule has 1 aliphatic heterocycles. The predicted molar refractivity (Wildman–Crippen MR) is 57.6 cm³/mol. The number of nitrogens with one attached hydrogen (secondary N) is 1. The summed E-state index contributed by atoms with van der Waals surface area (Å²) in [6.07, 6.45) is 3.66. The summed E-state index contributed by atoms with van der Waals surface area (Å²) in [7, 11) is 0. The van der Waals surface area contributed by atoms with Gasteiger partial charge in [0.1, 0.15) is 0 Å². The molecule has 0 aromatic carbocycles. The van der Waals surface area contributed by atoms with E-state index in [4.69, 9.17) is 4.74 Å². The van der Waals surface area contributed by atoms with E-state index in [0.29, 0.717) is 6.54 Å². The molecule has 4 nitrogen and oxygen atoms in total. The third kappa shape index (κ3) is 3.80. The standard InChI is InChI=1S/C11H20N2O2/c14-11-8-12-4-6-13(11)5-1-7-15-9-10-2-3-10/h10,12H,1-9H2. The minimum Gasteiger partial charge on any atom is -0.381 e. The number of hydrogen-bond acceptors (Lipinski definition) is 3. The molecule has 86 valence electrons. The van der Waals surface area contributed by atoms with Crippen molar-refractivity contribution in [2.45, 2.75) is 19.3 Å². The molecule has 1 aliphatic carbocycles. The lowest BCUT2D eigenvalue weighted by Crippen LogP contribution is -2.48. The first-order chi connectivity index (χ1) is 7.36. The predicted octanol–water partition coefficient (Wildman–Crippen LogP) is 0.235. The molecule has 0 unspecified atom stereocenters. The second-order valence-electron chi connectivity index (χ2n) is 4.43. The van der Waals surface area contributed by atoms with Gasteiger partial charge in [0.2, 0.25) is 5.91 Å².